The SMILES string of the molecule is Nc1ccc(-c2nc3ccc(N)cc3[nH]2)cc1.c1cocn1. The van der Waals surface area contributed by atoms with Gasteiger partial charge in [0.1, 0.15) is 12.1 Å². The molecule has 0 saturated carbocycles. The summed E-state index contributed by atoms with van der Waals surface area (Å²) >= 11 is 0. The largest absolute Gasteiger partial charge is 0.452 e. The summed E-state index contributed by atoms with van der Waals surface area (Å²) in [6.45, 7) is 0. The van der Waals surface area contributed by atoms with Crippen molar-refractivity contribution in [1.29, 1.82) is 0 Å². The van der Waals surface area contributed by atoms with Crippen molar-refractivity contribution >= 4 is 22.4 Å². The summed E-state index contributed by atoms with van der Waals surface area (Å²) in [5.74, 6) is 0.825. The average molecular weight is 293 g/mol. The normalized spacial score (nSPS) is 10.2. The van der Waals surface area contributed by atoms with Crippen LogP contribution in [0.5, 0.6) is 0 Å². The Morgan fingerprint density at radius 2 is 1.73 bits per heavy atom. The van der Waals surface area contributed by atoms with Crippen LogP contribution in [0.2, 0.25) is 0 Å². The molecule has 0 unspecified atom stereocenters. The lowest BCUT2D eigenvalue weighted by molar-refractivity contribution is 0.558. The third-order valence-corrected chi connectivity index (χ3v) is 3.04. The molecule has 0 fully saturated rings. The highest BCUT2D eigenvalue weighted by Gasteiger charge is 2.04. The number of hydrogen-bond donors (Lipinski definition) is 3. The van der Waals surface area contributed by atoms with Gasteiger partial charge >= 0.3 is 0 Å². The first-order valence-corrected chi connectivity index (χ1v) is 6.66. The first-order valence-electron chi connectivity index (χ1n) is 6.66. The van der Waals surface area contributed by atoms with E-state index in [-0.39, 0.29) is 0 Å². The zero-order valence-electron chi connectivity index (χ0n) is 11.7. The van der Waals surface area contributed by atoms with Crippen molar-refractivity contribution in [2.75, 3.05) is 11.5 Å². The van der Waals surface area contributed by atoms with E-state index < -0.39 is 0 Å². The number of aromatic amines is 1. The van der Waals surface area contributed by atoms with Crippen molar-refractivity contribution < 1.29 is 4.42 Å². The third-order valence-electron chi connectivity index (χ3n) is 3.04. The monoisotopic (exact) mass is 293 g/mol. The zero-order valence-corrected chi connectivity index (χ0v) is 11.7. The first kappa shape index (κ1) is 13.7. The van der Waals surface area contributed by atoms with Crippen LogP contribution in [0.4, 0.5) is 11.4 Å². The van der Waals surface area contributed by atoms with Crippen LogP contribution in [0.3, 0.4) is 0 Å². The molecular formula is C16H15N5O. The molecule has 110 valence electrons. The summed E-state index contributed by atoms with van der Waals surface area (Å²) in [6, 6.07) is 13.2. The molecule has 0 amide bonds. The van der Waals surface area contributed by atoms with Crippen molar-refractivity contribution in [3.8, 4) is 11.4 Å². The Balaban J connectivity index is 0.000000246. The number of rotatable bonds is 1. The molecule has 6 heteroatoms. The number of nitrogens with one attached hydrogen (secondary N) is 1. The molecule has 0 aliphatic heterocycles. The summed E-state index contributed by atoms with van der Waals surface area (Å²) in [5.41, 5.74) is 15.7. The van der Waals surface area contributed by atoms with Crippen LogP contribution >= 0.6 is 0 Å². The predicted octanol–water partition coefficient (Wildman–Crippen LogP) is 3.07. The lowest BCUT2D eigenvalue weighted by atomic mass is 10.2. The Labute approximate surface area is 126 Å². The van der Waals surface area contributed by atoms with Crippen LogP contribution in [0, 0.1) is 0 Å². The molecule has 0 spiro atoms. The number of nitrogens with two attached hydrogens (primary N) is 2. The van der Waals surface area contributed by atoms with Gasteiger partial charge in [-0.2, -0.15) is 0 Å². The van der Waals surface area contributed by atoms with E-state index in [2.05, 4.69) is 19.4 Å². The molecular weight excluding hydrogens is 278 g/mol. The Morgan fingerprint density at radius 1 is 0.955 bits per heavy atom. The number of H-pyrrole nitrogens is 1. The minimum absolute atomic E-state index is 0.727. The number of nitrogen functional groups attached to an aromatic ring is 2. The lowest BCUT2D eigenvalue weighted by Crippen LogP contribution is -1.84. The van der Waals surface area contributed by atoms with Crippen molar-refractivity contribution in [1.82, 2.24) is 15.0 Å². The van der Waals surface area contributed by atoms with Gasteiger partial charge in [0, 0.05) is 16.9 Å². The van der Waals surface area contributed by atoms with Gasteiger partial charge in [-0.05, 0) is 42.5 Å². The molecule has 0 atom stereocenters. The molecule has 2 aromatic carbocycles. The highest BCUT2D eigenvalue weighted by atomic mass is 16.3. The van der Waals surface area contributed by atoms with E-state index in [0.717, 1.165) is 33.8 Å². The van der Waals surface area contributed by atoms with Gasteiger partial charge < -0.3 is 20.9 Å². The molecule has 6 nitrogen and oxygen atoms in total. The molecule has 0 saturated heterocycles. The van der Waals surface area contributed by atoms with Gasteiger partial charge in [-0.15, -0.1) is 0 Å². The van der Waals surface area contributed by atoms with Crippen molar-refractivity contribution in [3.63, 3.8) is 0 Å². The standard InChI is InChI=1S/C13H12N4.C3H3NO/c14-9-3-1-8(2-4-9)13-16-11-6-5-10(15)7-12(11)17-13;1-2-5-3-4-1/h1-7H,14-15H2,(H,16,17);1-3H. The van der Waals surface area contributed by atoms with Crippen LogP contribution in [-0.4, -0.2) is 15.0 Å². The number of oxazole rings is 1. The molecule has 5 N–H and O–H groups in total. The topological polar surface area (TPSA) is 107 Å². The number of imidazole rings is 1. The zero-order chi connectivity index (χ0) is 15.4. The second-order valence-corrected chi connectivity index (χ2v) is 4.66. The van der Waals surface area contributed by atoms with Crippen molar-refractivity contribution in [2.45, 2.75) is 0 Å². The second kappa shape index (κ2) is 6.01. The first-order chi connectivity index (χ1) is 10.7. The molecule has 22 heavy (non-hydrogen) atoms. The summed E-state index contributed by atoms with van der Waals surface area (Å²) in [6.07, 6.45) is 4.47. The van der Waals surface area contributed by atoms with E-state index in [9.17, 15) is 0 Å². The summed E-state index contributed by atoms with van der Waals surface area (Å²) in [7, 11) is 0. The highest BCUT2D eigenvalue weighted by molar-refractivity contribution is 5.82. The molecule has 0 aliphatic rings. The third kappa shape index (κ3) is 3.06. The molecule has 4 rings (SSSR count). The molecule has 0 aliphatic carbocycles. The van der Waals surface area contributed by atoms with Crippen LogP contribution in [0.15, 0.2) is 65.7 Å². The van der Waals surface area contributed by atoms with Gasteiger partial charge in [0.25, 0.3) is 0 Å². The Hall–Kier alpha value is -3.28. The maximum absolute atomic E-state index is 5.73. The highest BCUT2D eigenvalue weighted by Crippen LogP contribution is 2.22. The van der Waals surface area contributed by atoms with Gasteiger partial charge in [0.05, 0.1) is 17.2 Å². The fourth-order valence-corrected chi connectivity index (χ4v) is 1.98. The predicted molar refractivity (Wildman–Crippen MR) is 86.9 cm³/mol. The van der Waals surface area contributed by atoms with Gasteiger partial charge in [-0.3, -0.25) is 0 Å². The van der Waals surface area contributed by atoms with Crippen LogP contribution in [-0.2, 0) is 0 Å². The molecule has 4 aromatic rings. The minimum atomic E-state index is 0.727. The van der Waals surface area contributed by atoms with Crippen LogP contribution in [0.25, 0.3) is 22.4 Å². The maximum Gasteiger partial charge on any atom is 0.180 e. The molecule has 0 radical (unpaired) electrons. The Morgan fingerprint density at radius 3 is 2.36 bits per heavy atom. The minimum Gasteiger partial charge on any atom is -0.452 e. The fourth-order valence-electron chi connectivity index (χ4n) is 1.98. The number of benzene rings is 2. The molecule has 2 aromatic heterocycles. The van der Waals surface area contributed by atoms with E-state index in [1.165, 1.54) is 12.7 Å². The molecule has 0 bridgehead atoms. The van der Waals surface area contributed by atoms with Gasteiger partial charge in [0.15, 0.2) is 6.39 Å². The summed E-state index contributed by atoms with van der Waals surface area (Å²) in [5, 5.41) is 0. The summed E-state index contributed by atoms with van der Waals surface area (Å²) < 4.78 is 4.47. The maximum atomic E-state index is 5.73. The van der Waals surface area contributed by atoms with E-state index in [1.807, 2.05) is 42.5 Å². The van der Waals surface area contributed by atoms with E-state index in [1.54, 1.807) is 6.20 Å². The quantitative estimate of drug-likeness (QED) is 0.467. The van der Waals surface area contributed by atoms with Crippen molar-refractivity contribution in [2.24, 2.45) is 0 Å². The Kier molecular flexibility index (Phi) is 3.74. The number of nitrogens with zero attached hydrogens (tertiary/aromatic N) is 2. The van der Waals surface area contributed by atoms with E-state index >= 15 is 0 Å². The smallest absolute Gasteiger partial charge is 0.180 e. The average Bonchev–Trinajstić information content (AvgIpc) is 3.20. The van der Waals surface area contributed by atoms with Crippen molar-refractivity contribution in [3.05, 3.63) is 61.3 Å². The number of fused-ring (bicyclic) bond motifs is 1. The van der Waals surface area contributed by atoms with Gasteiger partial charge in [0.2, 0.25) is 0 Å². The molecule has 2 heterocycles. The number of hydrogen-bond acceptors (Lipinski definition) is 5. The van der Waals surface area contributed by atoms with Gasteiger partial charge in [-0.1, -0.05) is 0 Å². The fraction of sp³-hybridized carbons (Fsp3) is 0. The second-order valence-electron chi connectivity index (χ2n) is 4.66. The Bertz CT molecular complexity index is 833. The number of anilines is 2. The summed E-state index contributed by atoms with van der Waals surface area (Å²) in [4.78, 5) is 11.3. The van der Waals surface area contributed by atoms with E-state index in [4.69, 9.17) is 11.5 Å². The lowest BCUT2D eigenvalue weighted by Gasteiger charge is -1.96. The number of aromatic nitrogens is 3. The van der Waals surface area contributed by atoms with Crippen LogP contribution in [0.1, 0.15) is 0 Å². The van der Waals surface area contributed by atoms with Crippen LogP contribution < -0.4 is 11.5 Å². The van der Waals surface area contributed by atoms with E-state index in [0.29, 0.717) is 0 Å². The van der Waals surface area contributed by atoms with Gasteiger partial charge in [-0.25, -0.2) is 9.97 Å².